The molecule has 0 saturated heterocycles. The van der Waals surface area contributed by atoms with Gasteiger partial charge < -0.3 is 10.5 Å². The third-order valence-electron chi connectivity index (χ3n) is 3.97. The number of rotatable bonds is 4. The topological polar surface area (TPSA) is 35.2 Å². The highest BCUT2D eigenvalue weighted by atomic mass is 32.1. The fraction of sp³-hybridized carbons (Fsp3) is 0.412. The normalized spacial score (nSPS) is 21.2. The first kappa shape index (κ1) is 13.8. The molecule has 2 nitrogen and oxygen atoms in total. The summed E-state index contributed by atoms with van der Waals surface area (Å²) < 4.78 is 6.41. The van der Waals surface area contributed by atoms with Crippen molar-refractivity contribution in [2.45, 2.75) is 44.4 Å². The summed E-state index contributed by atoms with van der Waals surface area (Å²) in [6.45, 7) is 2.02. The van der Waals surface area contributed by atoms with Gasteiger partial charge in [-0.25, -0.2) is 0 Å². The van der Waals surface area contributed by atoms with Crippen molar-refractivity contribution in [3.8, 4) is 0 Å². The van der Waals surface area contributed by atoms with Crippen LogP contribution in [0.2, 0.25) is 0 Å². The van der Waals surface area contributed by atoms with Crippen LogP contribution in [0.15, 0.2) is 41.1 Å². The van der Waals surface area contributed by atoms with Gasteiger partial charge in [0.1, 0.15) is 0 Å². The molecular formula is C17H21NOS. The smallest absolute Gasteiger partial charge is 0.0989 e. The number of benzene rings is 1. The lowest BCUT2D eigenvalue weighted by Gasteiger charge is -2.31. The fourth-order valence-corrected chi connectivity index (χ4v) is 3.65. The molecule has 0 radical (unpaired) electrons. The van der Waals surface area contributed by atoms with Crippen LogP contribution in [0.5, 0.6) is 0 Å². The van der Waals surface area contributed by atoms with Gasteiger partial charge in [-0.2, -0.15) is 11.3 Å². The van der Waals surface area contributed by atoms with E-state index in [0.29, 0.717) is 0 Å². The van der Waals surface area contributed by atoms with E-state index in [1.807, 2.05) is 6.92 Å². The van der Waals surface area contributed by atoms with Crippen LogP contribution in [0.4, 0.5) is 0 Å². The minimum Gasteiger partial charge on any atom is -0.364 e. The van der Waals surface area contributed by atoms with E-state index in [1.165, 1.54) is 23.1 Å². The number of hydrogen-bond acceptors (Lipinski definition) is 3. The molecule has 1 aromatic heterocycles. The molecule has 1 aromatic carbocycles. The Balaban J connectivity index is 1.83. The van der Waals surface area contributed by atoms with E-state index >= 15 is 0 Å². The van der Waals surface area contributed by atoms with Gasteiger partial charge in [-0.15, -0.1) is 0 Å². The van der Waals surface area contributed by atoms with Crippen molar-refractivity contribution < 1.29 is 4.74 Å². The van der Waals surface area contributed by atoms with Crippen molar-refractivity contribution in [2.24, 2.45) is 5.73 Å². The van der Waals surface area contributed by atoms with Gasteiger partial charge in [0, 0.05) is 6.04 Å². The minimum absolute atomic E-state index is 0.00121. The molecule has 1 aliphatic carbocycles. The van der Waals surface area contributed by atoms with Crippen LogP contribution < -0.4 is 5.73 Å². The van der Waals surface area contributed by atoms with E-state index in [9.17, 15) is 0 Å². The molecule has 3 rings (SSSR count). The van der Waals surface area contributed by atoms with Crippen molar-refractivity contribution in [1.82, 2.24) is 0 Å². The van der Waals surface area contributed by atoms with Crippen LogP contribution in [0, 0.1) is 0 Å². The van der Waals surface area contributed by atoms with Gasteiger partial charge in [0.2, 0.25) is 0 Å². The van der Waals surface area contributed by atoms with Gasteiger partial charge in [-0.1, -0.05) is 24.3 Å². The molecule has 1 heterocycles. The third-order valence-corrected chi connectivity index (χ3v) is 4.68. The molecule has 0 saturated carbocycles. The second-order valence-electron chi connectivity index (χ2n) is 5.55. The highest BCUT2D eigenvalue weighted by Crippen LogP contribution is 2.37. The minimum atomic E-state index is -0.0163. The molecule has 3 heteroatoms. The second kappa shape index (κ2) is 6.08. The molecule has 106 valence electrons. The Morgan fingerprint density at radius 2 is 2.15 bits per heavy atom. The van der Waals surface area contributed by atoms with E-state index in [4.69, 9.17) is 10.5 Å². The van der Waals surface area contributed by atoms with E-state index in [-0.39, 0.29) is 18.2 Å². The Kier molecular flexibility index (Phi) is 4.20. The average molecular weight is 287 g/mol. The summed E-state index contributed by atoms with van der Waals surface area (Å²) in [5.41, 5.74) is 10.1. The summed E-state index contributed by atoms with van der Waals surface area (Å²) >= 11 is 1.70. The van der Waals surface area contributed by atoms with E-state index in [0.717, 1.165) is 12.8 Å². The van der Waals surface area contributed by atoms with Gasteiger partial charge in [-0.3, -0.25) is 0 Å². The summed E-state index contributed by atoms with van der Waals surface area (Å²) in [5, 5.41) is 4.23. The number of ether oxygens (including phenoxy) is 1. The first-order valence-electron chi connectivity index (χ1n) is 7.26. The first-order valence-corrected chi connectivity index (χ1v) is 8.21. The lowest BCUT2D eigenvalue weighted by molar-refractivity contribution is -0.0337. The van der Waals surface area contributed by atoms with Crippen LogP contribution in [0.3, 0.4) is 0 Å². The molecule has 2 aromatic rings. The summed E-state index contributed by atoms with van der Waals surface area (Å²) in [5.74, 6) is 0. The molecular weight excluding hydrogens is 266 g/mol. The summed E-state index contributed by atoms with van der Waals surface area (Å²) in [4.78, 5) is 0. The standard InChI is InChI=1S/C17H21NOS/c1-12(18)17(14-9-10-20-11-14)19-16-8-4-6-13-5-2-3-7-15(13)16/h2-3,5,7,9-12,16-17H,4,6,8,18H2,1H3. The van der Waals surface area contributed by atoms with E-state index < -0.39 is 0 Å². The fourth-order valence-electron chi connectivity index (χ4n) is 2.97. The SMILES string of the molecule is CC(N)C(OC1CCCc2ccccc21)c1ccsc1. The van der Waals surface area contributed by atoms with Crippen LogP contribution in [-0.4, -0.2) is 6.04 Å². The van der Waals surface area contributed by atoms with E-state index in [2.05, 4.69) is 41.1 Å². The Morgan fingerprint density at radius 3 is 2.90 bits per heavy atom. The lowest BCUT2D eigenvalue weighted by Crippen LogP contribution is -2.29. The first-order chi connectivity index (χ1) is 9.75. The number of thiophene rings is 1. The van der Waals surface area contributed by atoms with Crippen LogP contribution in [0.1, 0.15) is 48.7 Å². The van der Waals surface area contributed by atoms with Crippen LogP contribution in [-0.2, 0) is 11.2 Å². The Bertz CT molecular complexity index is 550. The van der Waals surface area contributed by atoms with Gasteiger partial charge in [-0.05, 0) is 59.7 Å². The van der Waals surface area contributed by atoms with Gasteiger partial charge in [0.25, 0.3) is 0 Å². The highest BCUT2D eigenvalue weighted by Gasteiger charge is 2.26. The van der Waals surface area contributed by atoms with Crippen LogP contribution >= 0.6 is 11.3 Å². The zero-order valence-corrected chi connectivity index (χ0v) is 12.6. The van der Waals surface area contributed by atoms with Crippen molar-refractivity contribution in [3.63, 3.8) is 0 Å². The number of hydrogen-bond donors (Lipinski definition) is 1. The van der Waals surface area contributed by atoms with Crippen molar-refractivity contribution in [1.29, 1.82) is 0 Å². The Hall–Kier alpha value is -1.16. The quantitative estimate of drug-likeness (QED) is 0.913. The van der Waals surface area contributed by atoms with Gasteiger partial charge >= 0.3 is 0 Å². The largest absolute Gasteiger partial charge is 0.364 e. The van der Waals surface area contributed by atoms with Gasteiger partial charge in [0.15, 0.2) is 0 Å². The molecule has 0 bridgehead atoms. The Morgan fingerprint density at radius 1 is 1.30 bits per heavy atom. The zero-order chi connectivity index (χ0) is 13.9. The molecule has 0 aliphatic heterocycles. The second-order valence-corrected chi connectivity index (χ2v) is 6.33. The molecule has 0 amide bonds. The molecule has 3 unspecified atom stereocenters. The molecule has 3 atom stereocenters. The maximum Gasteiger partial charge on any atom is 0.0989 e. The van der Waals surface area contributed by atoms with Crippen molar-refractivity contribution >= 4 is 11.3 Å². The monoisotopic (exact) mass is 287 g/mol. The zero-order valence-electron chi connectivity index (χ0n) is 11.8. The summed E-state index contributed by atoms with van der Waals surface area (Å²) in [6, 6.07) is 10.8. The number of aryl methyl sites for hydroxylation is 1. The molecule has 2 N–H and O–H groups in total. The molecule has 0 fully saturated rings. The molecule has 0 spiro atoms. The maximum absolute atomic E-state index is 6.41. The van der Waals surface area contributed by atoms with Gasteiger partial charge in [0.05, 0.1) is 12.2 Å². The molecule has 20 heavy (non-hydrogen) atoms. The number of nitrogens with two attached hydrogens (primary N) is 1. The van der Waals surface area contributed by atoms with E-state index in [1.54, 1.807) is 11.3 Å². The highest BCUT2D eigenvalue weighted by molar-refractivity contribution is 7.07. The van der Waals surface area contributed by atoms with Crippen molar-refractivity contribution in [2.75, 3.05) is 0 Å². The lowest BCUT2D eigenvalue weighted by atomic mass is 9.89. The number of fused-ring (bicyclic) bond motifs is 1. The van der Waals surface area contributed by atoms with Crippen LogP contribution in [0.25, 0.3) is 0 Å². The Labute approximate surface area is 124 Å². The van der Waals surface area contributed by atoms with Crippen molar-refractivity contribution in [3.05, 3.63) is 57.8 Å². The molecule has 1 aliphatic rings. The predicted octanol–water partition coefficient (Wildman–Crippen LogP) is 4.23. The summed E-state index contributed by atoms with van der Waals surface area (Å²) in [7, 11) is 0. The maximum atomic E-state index is 6.41. The predicted molar refractivity (Wildman–Crippen MR) is 83.9 cm³/mol. The summed E-state index contributed by atoms with van der Waals surface area (Å²) in [6.07, 6.45) is 3.60. The average Bonchev–Trinajstić information content (AvgIpc) is 2.98. The third kappa shape index (κ3) is 2.80.